The summed E-state index contributed by atoms with van der Waals surface area (Å²) in [6.45, 7) is 0.801. The van der Waals surface area contributed by atoms with Crippen LogP contribution in [0.2, 0.25) is 0 Å². The number of nitrogens with zero attached hydrogens (tertiary/aromatic N) is 4. The van der Waals surface area contributed by atoms with E-state index in [0.717, 1.165) is 30.8 Å². The van der Waals surface area contributed by atoms with Crippen molar-refractivity contribution >= 4 is 27.3 Å². The lowest BCUT2D eigenvalue weighted by atomic mass is 10.2. The van der Waals surface area contributed by atoms with Crippen LogP contribution < -0.4 is 4.90 Å². The normalized spacial score (nSPS) is 20.0. The molecule has 0 aliphatic carbocycles. The van der Waals surface area contributed by atoms with Crippen LogP contribution in [0.15, 0.2) is 18.5 Å². The van der Waals surface area contributed by atoms with Crippen molar-refractivity contribution in [3.05, 3.63) is 24.2 Å². The van der Waals surface area contributed by atoms with Gasteiger partial charge in [-0.3, -0.25) is 0 Å². The number of hydrogen-bond acceptors (Lipinski definition) is 3. The lowest BCUT2D eigenvalue weighted by molar-refractivity contribution is -0.141. The molecule has 4 nitrogen and oxygen atoms in total. The van der Waals surface area contributed by atoms with E-state index < -0.39 is 11.9 Å². The van der Waals surface area contributed by atoms with Crippen LogP contribution in [-0.2, 0) is 6.18 Å². The van der Waals surface area contributed by atoms with Gasteiger partial charge in [0.05, 0.1) is 0 Å². The Balaban J connectivity index is 2.09. The van der Waals surface area contributed by atoms with Crippen molar-refractivity contribution < 1.29 is 13.2 Å². The summed E-state index contributed by atoms with van der Waals surface area (Å²) in [5, 5.41) is 4.35. The molecule has 0 spiro atoms. The smallest absolute Gasteiger partial charge is 0.351 e. The van der Waals surface area contributed by atoms with Crippen LogP contribution >= 0.6 is 15.9 Å². The van der Waals surface area contributed by atoms with Gasteiger partial charge in [-0.2, -0.15) is 18.3 Å². The van der Waals surface area contributed by atoms with Crippen LogP contribution in [0, 0.1) is 0 Å². The standard InChI is InChI=1S/C12H12BrF3N4/c13-7-8-2-1-4-19(8)11-9-6-10(12(14,15)16)18-20(9)5-3-17-11/h3,5-6,8H,1-2,4,7H2. The highest BCUT2D eigenvalue weighted by molar-refractivity contribution is 9.09. The maximum Gasteiger partial charge on any atom is 0.435 e. The van der Waals surface area contributed by atoms with Crippen molar-refractivity contribution in [2.75, 3.05) is 16.8 Å². The number of alkyl halides is 4. The van der Waals surface area contributed by atoms with Crippen molar-refractivity contribution in [1.82, 2.24) is 14.6 Å². The highest BCUT2D eigenvalue weighted by Gasteiger charge is 2.35. The molecule has 0 bridgehead atoms. The molecule has 1 saturated heterocycles. The summed E-state index contributed by atoms with van der Waals surface area (Å²) in [7, 11) is 0. The van der Waals surface area contributed by atoms with Crippen molar-refractivity contribution in [2.45, 2.75) is 25.1 Å². The fourth-order valence-corrected chi connectivity index (χ4v) is 3.22. The highest BCUT2D eigenvalue weighted by Crippen LogP contribution is 2.33. The van der Waals surface area contributed by atoms with E-state index in [1.807, 2.05) is 4.90 Å². The first kappa shape index (κ1) is 13.7. The number of aromatic nitrogens is 3. The molecule has 1 fully saturated rings. The van der Waals surface area contributed by atoms with Crippen molar-refractivity contribution in [3.63, 3.8) is 0 Å². The summed E-state index contributed by atoms with van der Waals surface area (Å²) < 4.78 is 39.5. The van der Waals surface area contributed by atoms with Gasteiger partial charge in [-0.15, -0.1) is 0 Å². The van der Waals surface area contributed by atoms with Crippen molar-refractivity contribution in [1.29, 1.82) is 0 Å². The molecular weight excluding hydrogens is 337 g/mol. The molecule has 0 radical (unpaired) electrons. The summed E-state index contributed by atoms with van der Waals surface area (Å²) in [6, 6.07) is 1.32. The third-order valence-electron chi connectivity index (χ3n) is 3.49. The van der Waals surface area contributed by atoms with Crippen molar-refractivity contribution in [2.24, 2.45) is 0 Å². The zero-order valence-electron chi connectivity index (χ0n) is 10.4. The molecule has 2 aromatic heterocycles. The summed E-state index contributed by atoms with van der Waals surface area (Å²) >= 11 is 3.44. The Morgan fingerprint density at radius 3 is 2.90 bits per heavy atom. The van der Waals surface area contributed by atoms with Gasteiger partial charge in [-0.05, 0) is 12.8 Å². The van der Waals surface area contributed by atoms with Gasteiger partial charge in [0.25, 0.3) is 0 Å². The summed E-state index contributed by atoms with van der Waals surface area (Å²) in [5.41, 5.74) is -0.492. The van der Waals surface area contributed by atoms with Gasteiger partial charge in [0.15, 0.2) is 11.5 Å². The molecule has 108 valence electrons. The SMILES string of the molecule is FC(F)(F)c1cc2c(N3CCCC3CBr)nccn2n1. The third kappa shape index (κ3) is 2.25. The second-order valence-corrected chi connectivity index (χ2v) is 5.40. The topological polar surface area (TPSA) is 33.4 Å². The molecule has 3 heterocycles. The van der Waals surface area contributed by atoms with E-state index in [4.69, 9.17) is 0 Å². The summed E-state index contributed by atoms with van der Waals surface area (Å²) in [5.74, 6) is 0.567. The molecule has 2 aromatic rings. The molecule has 1 atom stereocenters. The van der Waals surface area contributed by atoms with Crippen LogP contribution in [-0.4, -0.2) is 32.5 Å². The van der Waals surface area contributed by atoms with Gasteiger partial charge < -0.3 is 4.90 Å². The second-order valence-electron chi connectivity index (χ2n) is 4.75. The monoisotopic (exact) mass is 348 g/mol. The van der Waals surface area contributed by atoms with E-state index in [1.165, 1.54) is 16.9 Å². The number of fused-ring (bicyclic) bond motifs is 1. The first-order chi connectivity index (χ1) is 9.50. The van der Waals surface area contributed by atoms with E-state index >= 15 is 0 Å². The van der Waals surface area contributed by atoms with Gasteiger partial charge in [-0.1, -0.05) is 15.9 Å². The Morgan fingerprint density at radius 1 is 1.40 bits per heavy atom. The Labute approximate surface area is 121 Å². The number of halogens is 4. The van der Waals surface area contributed by atoms with Crippen LogP contribution in [0.3, 0.4) is 0 Å². The molecule has 0 N–H and O–H groups in total. The average molecular weight is 349 g/mol. The van der Waals surface area contributed by atoms with Gasteiger partial charge in [0.2, 0.25) is 0 Å². The fraction of sp³-hybridized carbons (Fsp3) is 0.500. The Bertz CT molecular complexity index is 625. The number of rotatable bonds is 2. The van der Waals surface area contributed by atoms with Crippen LogP contribution in [0.1, 0.15) is 18.5 Å². The van der Waals surface area contributed by atoms with Crippen LogP contribution in [0.4, 0.5) is 19.0 Å². The predicted octanol–water partition coefficient (Wildman–Crippen LogP) is 3.11. The van der Waals surface area contributed by atoms with E-state index in [9.17, 15) is 13.2 Å². The molecule has 0 saturated carbocycles. The Kier molecular flexibility index (Phi) is 3.35. The molecule has 1 unspecified atom stereocenters. The lowest BCUT2D eigenvalue weighted by Gasteiger charge is -2.24. The molecule has 0 amide bonds. The van der Waals surface area contributed by atoms with E-state index in [-0.39, 0.29) is 6.04 Å². The third-order valence-corrected chi connectivity index (χ3v) is 4.23. The molecule has 20 heavy (non-hydrogen) atoms. The van der Waals surface area contributed by atoms with Gasteiger partial charge in [0, 0.05) is 36.4 Å². The quantitative estimate of drug-likeness (QED) is 0.782. The highest BCUT2D eigenvalue weighted by atomic mass is 79.9. The molecule has 1 aliphatic rings. The number of hydrogen-bond donors (Lipinski definition) is 0. The minimum atomic E-state index is -4.44. The minimum absolute atomic E-state index is 0.262. The first-order valence-electron chi connectivity index (χ1n) is 6.25. The molecule has 1 aliphatic heterocycles. The van der Waals surface area contributed by atoms with E-state index in [1.54, 1.807) is 0 Å². The van der Waals surface area contributed by atoms with Gasteiger partial charge >= 0.3 is 6.18 Å². The van der Waals surface area contributed by atoms with E-state index in [2.05, 4.69) is 26.0 Å². The zero-order valence-corrected chi connectivity index (χ0v) is 12.0. The summed E-state index contributed by atoms with van der Waals surface area (Å²) in [4.78, 5) is 6.31. The molecule has 8 heteroatoms. The van der Waals surface area contributed by atoms with Crippen LogP contribution in [0.25, 0.3) is 5.52 Å². The van der Waals surface area contributed by atoms with Gasteiger partial charge in [0.1, 0.15) is 5.52 Å². The minimum Gasteiger partial charge on any atom is -0.351 e. The molecule has 0 aromatic carbocycles. The molecule has 3 rings (SSSR count). The predicted molar refractivity (Wildman–Crippen MR) is 72.2 cm³/mol. The molecular formula is C12H12BrF3N4. The zero-order chi connectivity index (χ0) is 14.3. The Hall–Kier alpha value is -1.31. The average Bonchev–Trinajstić information content (AvgIpc) is 3.03. The lowest BCUT2D eigenvalue weighted by Crippen LogP contribution is -2.31. The largest absolute Gasteiger partial charge is 0.435 e. The van der Waals surface area contributed by atoms with Crippen LogP contribution in [0.5, 0.6) is 0 Å². The maximum absolute atomic E-state index is 12.8. The fourth-order valence-electron chi connectivity index (χ4n) is 2.54. The number of anilines is 1. The van der Waals surface area contributed by atoms with Crippen molar-refractivity contribution in [3.8, 4) is 0 Å². The summed E-state index contributed by atoms with van der Waals surface area (Å²) in [6.07, 6.45) is 0.503. The maximum atomic E-state index is 12.8. The second kappa shape index (κ2) is 4.91. The van der Waals surface area contributed by atoms with E-state index in [0.29, 0.717) is 11.3 Å². The Morgan fingerprint density at radius 2 is 2.20 bits per heavy atom. The first-order valence-corrected chi connectivity index (χ1v) is 7.37. The van der Waals surface area contributed by atoms with Gasteiger partial charge in [-0.25, -0.2) is 9.50 Å².